The van der Waals surface area contributed by atoms with Crippen LogP contribution in [0, 0.1) is 0 Å². The van der Waals surface area contributed by atoms with Crippen LogP contribution in [0.1, 0.15) is 44.7 Å². The number of hydrogen-bond acceptors (Lipinski definition) is 4. The van der Waals surface area contributed by atoms with Gasteiger partial charge in [0, 0.05) is 11.5 Å². The van der Waals surface area contributed by atoms with Crippen LogP contribution in [-0.4, -0.2) is 11.6 Å². The van der Waals surface area contributed by atoms with Gasteiger partial charge < -0.3 is 19.2 Å². The third-order valence-corrected chi connectivity index (χ3v) is 6.12. The van der Waals surface area contributed by atoms with E-state index in [-0.39, 0.29) is 17.9 Å². The summed E-state index contributed by atoms with van der Waals surface area (Å²) in [7, 11) is 0. The largest absolute Gasteiger partial charge is 0.489 e. The number of ether oxygens (including phenoxy) is 3. The summed E-state index contributed by atoms with van der Waals surface area (Å²) in [5, 5.41) is 0.760. The fraction of sp³-hybridized carbons (Fsp3) is 0.242. The molecule has 196 valence electrons. The minimum Gasteiger partial charge on any atom is -0.489 e. The van der Waals surface area contributed by atoms with Crippen molar-refractivity contribution in [1.82, 2.24) is 4.98 Å². The molecule has 0 bridgehead atoms. The van der Waals surface area contributed by atoms with E-state index >= 15 is 0 Å². The molecule has 3 aromatic carbocycles. The van der Waals surface area contributed by atoms with E-state index in [9.17, 15) is 4.79 Å². The van der Waals surface area contributed by atoms with E-state index in [0.29, 0.717) is 30.2 Å². The van der Waals surface area contributed by atoms with E-state index in [4.69, 9.17) is 14.2 Å². The van der Waals surface area contributed by atoms with E-state index in [2.05, 4.69) is 37.9 Å². The van der Waals surface area contributed by atoms with Gasteiger partial charge in [-0.25, -0.2) is 0 Å². The van der Waals surface area contributed by atoms with Crippen molar-refractivity contribution in [1.29, 1.82) is 0 Å². The first-order valence-corrected chi connectivity index (χ1v) is 12.9. The lowest BCUT2D eigenvalue weighted by Gasteiger charge is -2.15. The highest BCUT2D eigenvalue weighted by Gasteiger charge is 2.17. The summed E-state index contributed by atoms with van der Waals surface area (Å²) in [5.41, 5.74) is 4.88. The van der Waals surface area contributed by atoms with Crippen molar-refractivity contribution in [2.45, 2.75) is 46.8 Å². The molecule has 0 atom stereocenters. The molecule has 4 rings (SSSR count). The van der Waals surface area contributed by atoms with Gasteiger partial charge >= 0.3 is 0 Å². The lowest BCUT2D eigenvalue weighted by atomic mass is 10.1. The van der Waals surface area contributed by atoms with E-state index in [0.717, 1.165) is 29.4 Å². The van der Waals surface area contributed by atoms with Crippen LogP contribution in [0.15, 0.2) is 107 Å². The maximum absolute atomic E-state index is 13.1. The second-order valence-corrected chi connectivity index (χ2v) is 9.55. The molecule has 5 heteroatoms. The predicted molar refractivity (Wildman–Crippen MR) is 154 cm³/mol. The van der Waals surface area contributed by atoms with Gasteiger partial charge in [0.25, 0.3) is 5.56 Å². The Morgan fingerprint density at radius 2 is 1.42 bits per heavy atom. The molecule has 4 aromatic rings. The van der Waals surface area contributed by atoms with E-state index in [1.54, 1.807) is 0 Å². The van der Waals surface area contributed by atoms with Crippen molar-refractivity contribution in [3.63, 3.8) is 0 Å². The molecular formula is C33H35NO4. The summed E-state index contributed by atoms with van der Waals surface area (Å²) in [5.74, 6) is 1.27. The van der Waals surface area contributed by atoms with Crippen molar-refractivity contribution < 1.29 is 14.2 Å². The highest BCUT2D eigenvalue weighted by molar-refractivity contribution is 5.88. The smallest absolute Gasteiger partial charge is 0.294 e. The van der Waals surface area contributed by atoms with Crippen LogP contribution in [0.4, 0.5) is 0 Å². The number of aromatic nitrogens is 1. The number of fused-ring (bicyclic) bond motifs is 1. The van der Waals surface area contributed by atoms with Crippen LogP contribution in [0.5, 0.6) is 17.2 Å². The Hall–Kier alpha value is -4.25. The number of aromatic amines is 1. The first-order valence-electron chi connectivity index (χ1n) is 12.9. The number of allylic oxidation sites excluding steroid dienone is 3. The van der Waals surface area contributed by atoms with Gasteiger partial charge in [-0.15, -0.1) is 0 Å². The summed E-state index contributed by atoms with van der Waals surface area (Å²) in [6.07, 6.45) is 6.25. The average Bonchev–Trinajstić information content (AvgIpc) is 2.92. The van der Waals surface area contributed by atoms with E-state index < -0.39 is 0 Å². The quantitative estimate of drug-likeness (QED) is 0.198. The van der Waals surface area contributed by atoms with Crippen LogP contribution in [-0.2, 0) is 13.2 Å². The molecule has 5 nitrogen and oxygen atoms in total. The molecular weight excluding hydrogens is 474 g/mol. The average molecular weight is 510 g/mol. The molecule has 0 amide bonds. The molecule has 0 spiro atoms. The number of H-pyrrole nitrogens is 1. The number of benzene rings is 3. The summed E-state index contributed by atoms with van der Waals surface area (Å²) >= 11 is 0. The van der Waals surface area contributed by atoms with Gasteiger partial charge in [-0.3, -0.25) is 4.79 Å². The van der Waals surface area contributed by atoms with Gasteiger partial charge in [0.15, 0.2) is 5.75 Å². The van der Waals surface area contributed by atoms with Crippen molar-refractivity contribution >= 4 is 10.9 Å². The predicted octanol–water partition coefficient (Wildman–Crippen LogP) is 7.76. The maximum Gasteiger partial charge on any atom is 0.294 e. The first-order chi connectivity index (χ1) is 18.5. The van der Waals surface area contributed by atoms with Crippen LogP contribution >= 0.6 is 0 Å². The molecule has 1 heterocycles. The zero-order valence-electron chi connectivity index (χ0n) is 22.3. The fourth-order valence-electron chi connectivity index (χ4n) is 4.02. The zero-order chi connectivity index (χ0) is 26.7. The molecule has 0 aliphatic carbocycles. The van der Waals surface area contributed by atoms with Gasteiger partial charge in [0.05, 0.1) is 5.52 Å². The summed E-state index contributed by atoms with van der Waals surface area (Å²) in [6.45, 7) is 7.36. The normalized spacial score (nSPS) is 11.3. The molecule has 1 aromatic heterocycles. The zero-order valence-corrected chi connectivity index (χ0v) is 22.3. The lowest BCUT2D eigenvalue weighted by Crippen LogP contribution is -2.14. The van der Waals surface area contributed by atoms with Gasteiger partial charge in [0.2, 0.25) is 5.75 Å². The van der Waals surface area contributed by atoms with Gasteiger partial charge in [-0.05, 0) is 62.9 Å². The van der Waals surface area contributed by atoms with Crippen LogP contribution in [0.25, 0.3) is 10.9 Å². The fourth-order valence-corrected chi connectivity index (χ4v) is 4.02. The van der Waals surface area contributed by atoms with Gasteiger partial charge in [-0.1, -0.05) is 77.9 Å². The van der Waals surface area contributed by atoms with Gasteiger partial charge in [0.1, 0.15) is 25.6 Å². The molecule has 1 N–H and O–H groups in total. The first kappa shape index (κ1) is 26.8. The van der Waals surface area contributed by atoms with Crippen LogP contribution in [0.3, 0.4) is 0 Å². The van der Waals surface area contributed by atoms with E-state index in [1.165, 1.54) is 11.1 Å². The Balaban J connectivity index is 1.58. The lowest BCUT2D eigenvalue weighted by molar-refractivity contribution is 0.273. The Bertz CT molecular complexity index is 1450. The standard InChI is InChI=1S/C33H35NO4/c1-24(2)11-10-12-25(3)19-20-36-31-29-18-17-28(37-22-26-13-6-4-7-14-26)21-30(29)34-33(35)32(31)38-23-27-15-8-5-9-16-27/h4-9,11,13-19,21H,10,12,20,22-23H2,1-3H3,(H,34,35)/b25-19+. The highest BCUT2D eigenvalue weighted by atomic mass is 16.5. The number of nitrogens with one attached hydrogen (secondary N) is 1. The molecule has 0 radical (unpaired) electrons. The highest BCUT2D eigenvalue weighted by Crippen LogP contribution is 2.34. The Morgan fingerprint density at radius 3 is 2.08 bits per heavy atom. The van der Waals surface area contributed by atoms with Crippen molar-refractivity contribution in [2.24, 2.45) is 0 Å². The Morgan fingerprint density at radius 1 is 0.763 bits per heavy atom. The summed E-state index contributed by atoms with van der Waals surface area (Å²) in [4.78, 5) is 16.1. The van der Waals surface area contributed by atoms with E-state index in [1.807, 2.05) is 78.9 Å². The summed E-state index contributed by atoms with van der Waals surface area (Å²) < 4.78 is 18.2. The van der Waals surface area contributed by atoms with Crippen molar-refractivity contribution in [2.75, 3.05) is 6.61 Å². The minimum atomic E-state index is -0.340. The molecule has 38 heavy (non-hydrogen) atoms. The molecule has 0 aliphatic rings. The van der Waals surface area contributed by atoms with Crippen molar-refractivity contribution in [3.8, 4) is 17.2 Å². The number of rotatable bonds is 12. The SMILES string of the molecule is CC(C)=CCC/C(C)=C/COc1c(OCc2ccccc2)c(=O)[nH]c2cc(OCc3ccccc3)ccc12. The summed E-state index contributed by atoms with van der Waals surface area (Å²) in [6, 6.07) is 25.3. The number of pyridine rings is 1. The topological polar surface area (TPSA) is 60.5 Å². The van der Waals surface area contributed by atoms with Crippen LogP contribution in [0.2, 0.25) is 0 Å². The Labute approximate surface area is 224 Å². The second kappa shape index (κ2) is 13.3. The van der Waals surface area contributed by atoms with Crippen LogP contribution < -0.4 is 19.8 Å². The Kier molecular flexibility index (Phi) is 9.41. The maximum atomic E-state index is 13.1. The molecule has 0 saturated heterocycles. The second-order valence-electron chi connectivity index (χ2n) is 9.55. The number of hydrogen-bond donors (Lipinski definition) is 1. The van der Waals surface area contributed by atoms with Gasteiger partial charge in [-0.2, -0.15) is 0 Å². The minimum absolute atomic E-state index is 0.176. The third kappa shape index (κ3) is 7.62. The van der Waals surface area contributed by atoms with Crippen molar-refractivity contribution in [3.05, 3.63) is 124 Å². The molecule has 0 unspecified atom stereocenters. The molecule has 0 aliphatic heterocycles. The third-order valence-electron chi connectivity index (χ3n) is 6.12. The molecule has 0 fully saturated rings. The molecule has 0 saturated carbocycles. The monoisotopic (exact) mass is 509 g/mol.